The van der Waals surface area contributed by atoms with Crippen molar-refractivity contribution in [3.63, 3.8) is 0 Å². The van der Waals surface area contributed by atoms with E-state index < -0.39 is 0 Å². The zero-order valence-electron chi connectivity index (χ0n) is 13.9. The van der Waals surface area contributed by atoms with E-state index in [2.05, 4.69) is 27.1 Å². The smallest absolute Gasteiger partial charge is 0.307 e. The molecule has 0 radical (unpaired) electrons. The van der Waals surface area contributed by atoms with Crippen molar-refractivity contribution in [3.8, 4) is 0 Å². The molecule has 0 aliphatic carbocycles. The molecule has 6 heteroatoms. The molecule has 0 amide bonds. The predicted octanol–water partition coefficient (Wildman–Crippen LogP) is 2.97. The van der Waals surface area contributed by atoms with Gasteiger partial charge in [0.1, 0.15) is 5.65 Å². The Labute approximate surface area is 145 Å². The molecule has 1 saturated heterocycles. The summed E-state index contributed by atoms with van der Waals surface area (Å²) in [7, 11) is 0. The van der Waals surface area contributed by atoms with Crippen LogP contribution < -0.4 is 4.87 Å². The molecule has 1 atom stereocenters. The summed E-state index contributed by atoms with van der Waals surface area (Å²) in [5.41, 5.74) is 3.43. The van der Waals surface area contributed by atoms with Crippen LogP contribution in [0, 0.1) is 6.92 Å². The molecule has 1 aliphatic heterocycles. The Morgan fingerprint density at radius 3 is 3.17 bits per heavy atom. The second-order valence-electron chi connectivity index (χ2n) is 6.58. The average molecular weight is 342 g/mol. The third-order valence-electron chi connectivity index (χ3n) is 5.04. The van der Waals surface area contributed by atoms with Crippen molar-refractivity contribution in [1.82, 2.24) is 19.4 Å². The Balaban J connectivity index is 1.47. The van der Waals surface area contributed by atoms with E-state index in [0.29, 0.717) is 5.92 Å². The number of nitrogens with one attached hydrogen (secondary N) is 1. The van der Waals surface area contributed by atoms with Gasteiger partial charge >= 0.3 is 4.87 Å². The normalized spacial score (nSPS) is 19.1. The second-order valence-corrected chi connectivity index (χ2v) is 7.40. The van der Waals surface area contributed by atoms with Crippen LogP contribution in [0.3, 0.4) is 0 Å². The number of thiazole rings is 1. The molecule has 1 N–H and O–H groups in total. The minimum Gasteiger partial charge on any atom is -0.346 e. The van der Waals surface area contributed by atoms with Crippen molar-refractivity contribution in [2.45, 2.75) is 32.2 Å². The molecule has 4 heterocycles. The second kappa shape index (κ2) is 6.53. The van der Waals surface area contributed by atoms with Gasteiger partial charge in [0.15, 0.2) is 0 Å². The first-order chi connectivity index (χ1) is 11.7. The third kappa shape index (κ3) is 2.91. The fourth-order valence-electron chi connectivity index (χ4n) is 3.74. The van der Waals surface area contributed by atoms with E-state index in [1.54, 1.807) is 0 Å². The van der Waals surface area contributed by atoms with Crippen LogP contribution in [-0.4, -0.2) is 39.1 Å². The molecule has 1 fully saturated rings. The predicted molar refractivity (Wildman–Crippen MR) is 97.8 cm³/mol. The molecule has 1 unspecified atom stereocenters. The molecule has 0 bridgehead atoms. The van der Waals surface area contributed by atoms with Gasteiger partial charge in [0, 0.05) is 48.5 Å². The van der Waals surface area contributed by atoms with Gasteiger partial charge in [-0.3, -0.25) is 4.79 Å². The minimum atomic E-state index is 0.156. The molecule has 24 heavy (non-hydrogen) atoms. The quantitative estimate of drug-likeness (QED) is 0.793. The number of likely N-dealkylation sites (tertiary alicyclic amines) is 1. The van der Waals surface area contributed by atoms with E-state index in [4.69, 9.17) is 0 Å². The fourth-order valence-corrected chi connectivity index (χ4v) is 4.50. The highest BCUT2D eigenvalue weighted by molar-refractivity contribution is 7.07. The monoisotopic (exact) mass is 342 g/mol. The molecule has 1 aliphatic rings. The first-order valence-corrected chi connectivity index (χ1v) is 9.39. The van der Waals surface area contributed by atoms with Crippen LogP contribution in [-0.2, 0) is 6.54 Å². The highest BCUT2D eigenvalue weighted by Crippen LogP contribution is 2.31. The lowest BCUT2D eigenvalue weighted by Crippen LogP contribution is -2.37. The van der Waals surface area contributed by atoms with Crippen LogP contribution in [0.2, 0.25) is 0 Å². The first-order valence-electron chi connectivity index (χ1n) is 8.51. The number of pyridine rings is 1. The summed E-state index contributed by atoms with van der Waals surface area (Å²) in [6.45, 7) is 5.91. The van der Waals surface area contributed by atoms with Crippen molar-refractivity contribution >= 4 is 22.4 Å². The van der Waals surface area contributed by atoms with Crippen molar-refractivity contribution < 1.29 is 0 Å². The van der Waals surface area contributed by atoms with Gasteiger partial charge in [-0.15, -0.1) is 0 Å². The molecule has 0 aromatic carbocycles. The molecule has 0 saturated carbocycles. The van der Waals surface area contributed by atoms with E-state index in [-0.39, 0.29) is 4.87 Å². The number of aryl methyl sites for hydroxylation is 1. The van der Waals surface area contributed by atoms with Crippen molar-refractivity contribution in [3.05, 3.63) is 50.8 Å². The van der Waals surface area contributed by atoms with Crippen LogP contribution in [0.5, 0.6) is 0 Å². The molecule has 4 rings (SSSR count). The number of aromatic amines is 1. The van der Waals surface area contributed by atoms with E-state index in [1.807, 2.05) is 29.1 Å². The third-order valence-corrected chi connectivity index (χ3v) is 5.93. The number of hydrogen-bond donors (Lipinski definition) is 1. The molecule has 3 aromatic heterocycles. The Kier molecular flexibility index (Phi) is 4.24. The molecular formula is C18H22N4OS. The SMILES string of the molecule is Cc1csc(=O)n1CCN1CCCC(c2c[nH]c3ncccc23)C1. The summed E-state index contributed by atoms with van der Waals surface area (Å²) in [5.74, 6) is 0.539. The highest BCUT2D eigenvalue weighted by atomic mass is 32.1. The molecule has 3 aromatic rings. The summed E-state index contributed by atoms with van der Waals surface area (Å²) in [6.07, 6.45) is 6.38. The van der Waals surface area contributed by atoms with E-state index >= 15 is 0 Å². The van der Waals surface area contributed by atoms with Crippen LogP contribution >= 0.6 is 11.3 Å². The van der Waals surface area contributed by atoms with E-state index in [0.717, 1.165) is 37.5 Å². The van der Waals surface area contributed by atoms with Crippen LogP contribution in [0.25, 0.3) is 11.0 Å². The summed E-state index contributed by atoms with van der Waals surface area (Å²) >= 11 is 1.30. The zero-order valence-corrected chi connectivity index (χ0v) is 14.7. The van der Waals surface area contributed by atoms with Gasteiger partial charge < -0.3 is 14.5 Å². The number of fused-ring (bicyclic) bond motifs is 1. The van der Waals surface area contributed by atoms with Gasteiger partial charge in [-0.1, -0.05) is 11.3 Å². The summed E-state index contributed by atoms with van der Waals surface area (Å²) in [6, 6.07) is 4.16. The number of piperidine rings is 1. The number of H-pyrrole nitrogens is 1. The van der Waals surface area contributed by atoms with E-state index in [1.165, 1.54) is 35.1 Å². The minimum absolute atomic E-state index is 0.156. The van der Waals surface area contributed by atoms with Gasteiger partial charge in [0.25, 0.3) is 0 Å². The van der Waals surface area contributed by atoms with Crippen molar-refractivity contribution in [2.24, 2.45) is 0 Å². The topological polar surface area (TPSA) is 53.9 Å². The van der Waals surface area contributed by atoms with Gasteiger partial charge in [0.2, 0.25) is 0 Å². The summed E-state index contributed by atoms with van der Waals surface area (Å²) in [5, 5.41) is 3.19. The van der Waals surface area contributed by atoms with Gasteiger partial charge in [-0.2, -0.15) is 0 Å². The molecule has 5 nitrogen and oxygen atoms in total. The van der Waals surface area contributed by atoms with Crippen molar-refractivity contribution in [1.29, 1.82) is 0 Å². The Bertz CT molecular complexity index is 894. The zero-order chi connectivity index (χ0) is 16.5. The maximum atomic E-state index is 11.9. The lowest BCUT2D eigenvalue weighted by atomic mass is 9.91. The van der Waals surface area contributed by atoms with Crippen LogP contribution in [0.15, 0.2) is 34.7 Å². The summed E-state index contributed by atoms with van der Waals surface area (Å²) < 4.78 is 1.89. The van der Waals surface area contributed by atoms with Crippen LogP contribution in [0.4, 0.5) is 0 Å². The number of aromatic nitrogens is 3. The van der Waals surface area contributed by atoms with Gasteiger partial charge in [-0.05, 0) is 49.9 Å². The number of nitrogens with zero attached hydrogens (tertiary/aromatic N) is 3. The van der Waals surface area contributed by atoms with Gasteiger partial charge in [-0.25, -0.2) is 4.98 Å². The Hall–Kier alpha value is -1.92. The molecule has 0 spiro atoms. The van der Waals surface area contributed by atoms with Crippen LogP contribution in [0.1, 0.15) is 30.0 Å². The first kappa shape index (κ1) is 15.6. The standard InChI is InChI=1S/C18H22N4OS/c1-13-12-24-18(23)22(13)9-8-21-7-3-4-14(11-21)16-10-20-17-15(16)5-2-6-19-17/h2,5-6,10,12,14H,3-4,7-9,11H2,1H3,(H,19,20). The fraction of sp³-hybridized carbons (Fsp3) is 0.444. The maximum Gasteiger partial charge on any atom is 0.307 e. The van der Waals surface area contributed by atoms with E-state index in [9.17, 15) is 4.79 Å². The molecule has 126 valence electrons. The molecular weight excluding hydrogens is 320 g/mol. The van der Waals surface area contributed by atoms with Gasteiger partial charge in [0.05, 0.1) is 0 Å². The highest BCUT2D eigenvalue weighted by Gasteiger charge is 2.23. The lowest BCUT2D eigenvalue weighted by Gasteiger charge is -2.32. The largest absolute Gasteiger partial charge is 0.346 e. The maximum absolute atomic E-state index is 11.9. The summed E-state index contributed by atoms with van der Waals surface area (Å²) in [4.78, 5) is 22.2. The number of hydrogen-bond acceptors (Lipinski definition) is 4. The number of rotatable bonds is 4. The Morgan fingerprint density at radius 1 is 1.42 bits per heavy atom. The van der Waals surface area contributed by atoms with Crippen molar-refractivity contribution in [2.75, 3.05) is 19.6 Å². The Morgan fingerprint density at radius 2 is 2.33 bits per heavy atom. The lowest BCUT2D eigenvalue weighted by molar-refractivity contribution is 0.201. The average Bonchev–Trinajstić information content (AvgIpc) is 3.17.